The minimum atomic E-state index is -0.156. The van der Waals surface area contributed by atoms with E-state index in [1.807, 2.05) is 54.6 Å². The molecule has 4 nitrogen and oxygen atoms in total. The molecule has 4 aliphatic carbocycles. The molecule has 5 aliphatic rings. The first kappa shape index (κ1) is 15.7. The standard InChI is InChI=1S/C25H19NO3/c27-24-22-16-9-10-17(19-12-18(16)19)23(22)25(28)26(24)15-7-5-13(6-8-15)21-11-14-3-1-2-4-20(14)29-21/h1-11,16-19,22-23H,12H2/t16-,17-,18-,19+,22+,23-/m1/s1. The van der Waals surface area contributed by atoms with E-state index in [1.54, 1.807) is 0 Å². The Hall–Kier alpha value is -3.14. The van der Waals surface area contributed by atoms with Gasteiger partial charge in [-0.25, -0.2) is 0 Å². The van der Waals surface area contributed by atoms with Crippen molar-refractivity contribution in [1.82, 2.24) is 0 Å². The Labute approximate surface area is 167 Å². The molecule has 0 radical (unpaired) electrons. The molecule has 2 amide bonds. The number of allylic oxidation sites excluding steroid dienone is 2. The Bertz CT molecular complexity index is 1150. The summed E-state index contributed by atoms with van der Waals surface area (Å²) in [5, 5.41) is 1.06. The monoisotopic (exact) mass is 381 g/mol. The van der Waals surface area contributed by atoms with E-state index in [0.717, 1.165) is 22.3 Å². The second-order valence-corrected chi connectivity index (χ2v) is 8.86. The predicted octanol–water partition coefficient (Wildman–Crippen LogP) is 4.66. The van der Waals surface area contributed by atoms with Gasteiger partial charge in [0.05, 0.1) is 17.5 Å². The summed E-state index contributed by atoms with van der Waals surface area (Å²) in [6, 6.07) is 17.5. The number of rotatable bonds is 2. The maximum Gasteiger partial charge on any atom is 0.238 e. The van der Waals surface area contributed by atoms with Crippen molar-refractivity contribution in [1.29, 1.82) is 0 Å². The molecule has 4 heteroatoms. The molecule has 2 bridgehead atoms. The second kappa shape index (κ2) is 5.26. The van der Waals surface area contributed by atoms with E-state index in [-0.39, 0.29) is 35.5 Å². The van der Waals surface area contributed by atoms with Gasteiger partial charge in [-0.3, -0.25) is 14.5 Å². The SMILES string of the molecule is O=C1[C@@H]2[C@@H]3C=C[C@H]([C@H]4C[C@@H]34)[C@@H]2C(=O)N1c1ccc(-c2cc3ccccc3o2)cc1. The highest BCUT2D eigenvalue weighted by Gasteiger charge is 2.67. The minimum absolute atomic E-state index is 0.0128. The molecule has 3 fully saturated rings. The number of fused-ring (bicyclic) bond motifs is 1. The summed E-state index contributed by atoms with van der Waals surface area (Å²) in [4.78, 5) is 27.9. The molecule has 2 aromatic carbocycles. The quantitative estimate of drug-likeness (QED) is 0.479. The van der Waals surface area contributed by atoms with Crippen molar-refractivity contribution in [3.8, 4) is 11.3 Å². The van der Waals surface area contributed by atoms with E-state index in [0.29, 0.717) is 17.5 Å². The molecule has 3 aromatic rings. The number of imide groups is 1. The Morgan fingerprint density at radius 1 is 0.828 bits per heavy atom. The van der Waals surface area contributed by atoms with E-state index in [1.165, 1.54) is 11.3 Å². The number of carbonyl (C=O) groups excluding carboxylic acids is 2. The molecule has 0 unspecified atom stereocenters. The summed E-state index contributed by atoms with van der Waals surface area (Å²) in [5.41, 5.74) is 2.45. The Morgan fingerprint density at radius 3 is 2.14 bits per heavy atom. The summed E-state index contributed by atoms with van der Waals surface area (Å²) >= 11 is 0. The molecular formula is C25H19NO3. The van der Waals surface area contributed by atoms with Crippen LogP contribution in [0.4, 0.5) is 5.69 Å². The largest absolute Gasteiger partial charge is 0.456 e. The average molecular weight is 381 g/mol. The van der Waals surface area contributed by atoms with Gasteiger partial charge in [-0.2, -0.15) is 0 Å². The van der Waals surface area contributed by atoms with Gasteiger partial charge in [0.15, 0.2) is 0 Å². The average Bonchev–Trinajstić information content (AvgIpc) is 3.40. The topological polar surface area (TPSA) is 50.5 Å². The number of para-hydroxylation sites is 1. The van der Waals surface area contributed by atoms with Gasteiger partial charge in [0.1, 0.15) is 11.3 Å². The van der Waals surface area contributed by atoms with Crippen LogP contribution in [0.1, 0.15) is 6.42 Å². The molecule has 8 rings (SSSR count). The molecular weight excluding hydrogens is 362 g/mol. The van der Waals surface area contributed by atoms with Crippen LogP contribution in [0.2, 0.25) is 0 Å². The van der Waals surface area contributed by atoms with Gasteiger partial charge in [0, 0.05) is 10.9 Å². The molecule has 1 aromatic heterocycles. The zero-order valence-corrected chi connectivity index (χ0v) is 15.7. The Balaban J connectivity index is 1.23. The lowest BCUT2D eigenvalue weighted by Crippen LogP contribution is -2.40. The van der Waals surface area contributed by atoms with E-state index in [2.05, 4.69) is 12.2 Å². The highest BCUT2D eigenvalue weighted by Crippen LogP contribution is 2.65. The lowest BCUT2D eigenvalue weighted by molar-refractivity contribution is -0.124. The first-order valence-electron chi connectivity index (χ1n) is 10.4. The van der Waals surface area contributed by atoms with Crippen molar-refractivity contribution in [2.24, 2.45) is 35.5 Å². The highest BCUT2D eigenvalue weighted by molar-refractivity contribution is 6.22. The number of furan rings is 1. The van der Waals surface area contributed by atoms with Crippen molar-refractivity contribution in [2.75, 3.05) is 4.90 Å². The zero-order valence-electron chi connectivity index (χ0n) is 15.7. The van der Waals surface area contributed by atoms with Gasteiger partial charge >= 0.3 is 0 Å². The number of benzene rings is 2. The molecule has 142 valence electrons. The maximum absolute atomic E-state index is 13.2. The normalized spacial score (nSPS) is 34.0. The van der Waals surface area contributed by atoms with Gasteiger partial charge in [-0.05, 0) is 66.5 Å². The first-order valence-corrected chi connectivity index (χ1v) is 10.4. The molecule has 0 N–H and O–H groups in total. The summed E-state index contributed by atoms with van der Waals surface area (Å²) in [6.07, 6.45) is 5.60. The molecule has 0 spiro atoms. The Morgan fingerprint density at radius 2 is 1.48 bits per heavy atom. The second-order valence-electron chi connectivity index (χ2n) is 8.86. The van der Waals surface area contributed by atoms with Crippen LogP contribution in [-0.2, 0) is 9.59 Å². The van der Waals surface area contributed by atoms with Crippen molar-refractivity contribution in [3.63, 3.8) is 0 Å². The summed E-state index contributed by atoms with van der Waals surface area (Å²) in [7, 11) is 0. The van der Waals surface area contributed by atoms with Crippen molar-refractivity contribution >= 4 is 28.5 Å². The number of hydrogen-bond acceptors (Lipinski definition) is 3. The van der Waals surface area contributed by atoms with Gasteiger partial charge in [0.25, 0.3) is 0 Å². The fourth-order valence-electron chi connectivity index (χ4n) is 6.11. The molecule has 6 atom stereocenters. The molecule has 2 saturated carbocycles. The van der Waals surface area contributed by atoms with E-state index in [9.17, 15) is 9.59 Å². The van der Waals surface area contributed by atoms with Crippen LogP contribution in [0.5, 0.6) is 0 Å². The van der Waals surface area contributed by atoms with Gasteiger partial charge in [0.2, 0.25) is 11.8 Å². The smallest absolute Gasteiger partial charge is 0.238 e. The lowest BCUT2D eigenvalue weighted by Gasteiger charge is -2.37. The third kappa shape index (κ3) is 1.99. The third-order valence-electron chi connectivity index (χ3n) is 7.50. The molecule has 2 heterocycles. The van der Waals surface area contributed by atoms with Crippen molar-refractivity contribution < 1.29 is 14.0 Å². The molecule has 29 heavy (non-hydrogen) atoms. The van der Waals surface area contributed by atoms with Crippen LogP contribution in [0.15, 0.2) is 71.2 Å². The number of amides is 2. The van der Waals surface area contributed by atoms with Crippen LogP contribution in [-0.4, -0.2) is 11.8 Å². The first-order chi connectivity index (χ1) is 14.2. The zero-order chi connectivity index (χ0) is 19.3. The van der Waals surface area contributed by atoms with E-state index < -0.39 is 0 Å². The van der Waals surface area contributed by atoms with Crippen LogP contribution in [0, 0.1) is 35.5 Å². The maximum atomic E-state index is 13.2. The van der Waals surface area contributed by atoms with E-state index in [4.69, 9.17) is 4.42 Å². The Kier molecular flexibility index (Phi) is 2.86. The lowest BCUT2D eigenvalue weighted by atomic mass is 9.63. The van der Waals surface area contributed by atoms with Crippen molar-refractivity contribution in [2.45, 2.75) is 6.42 Å². The fourth-order valence-corrected chi connectivity index (χ4v) is 6.11. The van der Waals surface area contributed by atoms with Crippen LogP contribution in [0.3, 0.4) is 0 Å². The van der Waals surface area contributed by atoms with Gasteiger partial charge < -0.3 is 4.42 Å². The number of anilines is 1. The predicted molar refractivity (Wildman–Crippen MR) is 109 cm³/mol. The number of nitrogens with zero attached hydrogens (tertiary/aromatic N) is 1. The van der Waals surface area contributed by atoms with Crippen LogP contribution in [0.25, 0.3) is 22.3 Å². The number of hydrogen-bond donors (Lipinski definition) is 0. The minimum Gasteiger partial charge on any atom is -0.456 e. The summed E-state index contributed by atoms with van der Waals surface area (Å²) < 4.78 is 5.94. The highest BCUT2D eigenvalue weighted by atomic mass is 16.3. The summed E-state index contributed by atoms with van der Waals surface area (Å²) in [6.45, 7) is 0. The number of carbonyl (C=O) groups is 2. The van der Waals surface area contributed by atoms with Crippen LogP contribution >= 0.6 is 0 Å². The molecule has 1 aliphatic heterocycles. The van der Waals surface area contributed by atoms with E-state index >= 15 is 0 Å². The summed E-state index contributed by atoms with van der Waals surface area (Å²) in [5.74, 6) is 2.21. The third-order valence-corrected chi connectivity index (χ3v) is 7.50. The van der Waals surface area contributed by atoms with Gasteiger partial charge in [-0.1, -0.05) is 30.4 Å². The van der Waals surface area contributed by atoms with Crippen molar-refractivity contribution in [3.05, 3.63) is 66.7 Å². The fraction of sp³-hybridized carbons (Fsp3) is 0.280. The van der Waals surface area contributed by atoms with Crippen LogP contribution < -0.4 is 4.90 Å². The molecule has 1 saturated heterocycles. The van der Waals surface area contributed by atoms with Gasteiger partial charge in [-0.15, -0.1) is 0 Å².